The number of rotatable bonds is 6. The van der Waals surface area contributed by atoms with E-state index in [2.05, 4.69) is 26.9 Å². The van der Waals surface area contributed by atoms with E-state index < -0.39 is 0 Å². The third-order valence-electron chi connectivity index (χ3n) is 7.38. The summed E-state index contributed by atoms with van der Waals surface area (Å²) in [5.41, 5.74) is 1.15. The maximum atomic E-state index is 13.1. The lowest BCUT2D eigenvalue weighted by atomic mass is 9.68. The first-order valence-corrected chi connectivity index (χ1v) is 11.3. The number of carbonyl (C=O) groups is 1. The second-order valence-electron chi connectivity index (χ2n) is 9.36. The van der Waals surface area contributed by atoms with Gasteiger partial charge < -0.3 is 9.64 Å². The zero-order valence-corrected chi connectivity index (χ0v) is 16.9. The molecule has 5 nitrogen and oxygen atoms in total. The Balaban J connectivity index is 1.22. The predicted molar refractivity (Wildman–Crippen MR) is 108 cm³/mol. The Morgan fingerprint density at radius 3 is 2.54 bits per heavy atom. The minimum Gasteiger partial charge on any atom is -0.366 e. The van der Waals surface area contributed by atoms with Crippen LogP contribution in [0.1, 0.15) is 63.5 Å². The summed E-state index contributed by atoms with van der Waals surface area (Å²) in [5.74, 6) is 1.00. The molecule has 1 spiro atoms. The molecule has 5 heteroatoms. The van der Waals surface area contributed by atoms with E-state index in [9.17, 15) is 4.79 Å². The first-order valence-electron chi connectivity index (χ1n) is 11.3. The van der Waals surface area contributed by atoms with Crippen LogP contribution in [0.3, 0.4) is 0 Å². The van der Waals surface area contributed by atoms with E-state index in [0.717, 1.165) is 63.5 Å². The number of nitrogens with zero attached hydrogens (tertiary/aromatic N) is 3. The Morgan fingerprint density at radius 1 is 1.07 bits per heavy atom. The van der Waals surface area contributed by atoms with Gasteiger partial charge in [0, 0.05) is 31.9 Å². The van der Waals surface area contributed by atoms with Crippen LogP contribution in [0.5, 0.6) is 0 Å². The Bertz CT molecular complexity index is 676. The highest BCUT2D eigenvalue weighted by molar-refractivity contribution is 5.90. The third kappa shape index (κ3) is 3.48. The van der Waals surface area contributed by atoms with E-state index in [1.165, 1.54) is 32.1 Å². The quantitative estimate of drug-likeness (QED) is 0.707. The van der Waals surface area contributed by atoms with Crippen molar-refractivity contribution in [3.8, 4) is 0 Å². The van der Waals surface area contributed by atoms with Crippen molar-refractivity contribution in [2.75, 3.05) is 19.7 Å². The molecule has 4 fully saturated rings. The number of ether oxygens (including phenoxy) is 1. The number of pyridine rings is 1. The van der Waals surface area contributed by atoms with Crippen LogP contribution in [0.4, 0.5) is 0 Å². The molecule has 2 saturated heterocycles. The highest BCUT2D eigenvalue weighted by Crippen LogP contribution is 2.48. The summed E-state index contributed by atoms with van der Waals surface area (Å²) in [6, 6.07) is 6.52. The lowest BCUT2D eigenvalue weighted by molar-refractivity contribution is -0.211. The van der Waals surface area contributed by atoms with Crippen molar-refractivity contribution in [1.29, 1.82) is 0 Å². The third-order valence-corrected chi connectivity index (χ3v) is 7.38. The summed E-state index contributed by atoms with van der Waals surface area (Å²) in [6.07, 6.45) is 12.5. The zero-order valence-electron chi connectivity index (χ0n) is 16.9. The fourth-order valence-electron chi connectivity index (χ4n) is 5.65. The summed E-state index contributed by atoms with van der Waals surface area (Å²) in [4.78, 5) is 22.4. The number of likely N-dealkylation sites (tertiary alicyclic amines) is 2. The number of aromatic nitrogens is 1. The highest BCUT2D eigenvalue weighted by Gasteiger charge is 2.62. The van der Waals surface area contributed by atoms with Crippen molar-refractivity contribution in [2.45, 2.75) is 82.0 Å². The van der Waals surface area contributed by atoms with Crippen LogP contribution < -0.4 is 0 Å². The highest BCUT2D eigenvalue weighted by atomic mass is 16.5. The van der Waals surface area contributed by atoms with Gasteiger partial charge in [-0.3, -0.25) is 14.7 Å². The summed E-state index contributed by atoms with van der Waals surface area (Å²) >= 11 is 0. The molecule has 1 amide bonds. The van der Waals surface area contributed by atoms with Crippen LogP contribution in [0.25, 0.3) is 0 Å². The van der Waals surface area contributed by atoms with Crippen LogP contribution in [-0.2, 0) is 16.1 Å². The molecule has 2 aliphatic carbocycles. The maximum absolute atomic E-state index is 13.1. The molecule has 1 aromatic heterocycles. The van der Waals surface area contributed by atoms with Gasteiger partial charge in [0.25, 0.3) is 5.91 Å². The normalized spacial score (nSPS) is 28.5. The average molecular weight is 384 g/mol. The van der Waals surface area contributed by atoms with Crippen LogP contribution in [0, 0.1) is 5.92 Å². The largest absolute Gasteiger partial charge is 0.366 e. The lowest BCUT2D eigenvalue weighted by Crippen LogP contribution is -2.78. The molecule has 28 heavy (non-hydrogen) atoms. The van der Waals surface area contributed by atoms with Gasteiger partial charge in [0.05, 0.1) is 17.8 Å². The van der Waals surface area contributed by atoms with E-state index in [-0.39, 0.29) is 17.6 Å². The smallest absolute Gasteiger partial charge is 0.254 e. The molecular weight excluding hydrogens is 350 g/mol. The predicted octanol–water partition coefficient (Wildman–Crippen LogP) is 3.39. The molecule has 0 aromatic carbocycles. The summed E-state index contributed by atoms with van der Waals surface area (Å²) in [6.45, 7) is 3.82. The molecule has 0 N–H and O–H groups in total. The van der Waals surface area contributed by atoms with Gasteiger partial charge in [-0.15, -0.1) is 0 Å². The molecule has 2 saturated carbocycles. The van der Waals surface area contributed by atoms with Gasteiger partial charge >= 0.3 is 0 Å². The SMILES string of the molecule is O=C1C(OCC2CC2)C2(CCCCC2)N1C1CCN(Cc2ccccn2)CC1. The lowest BCUT2D eigenvalue weighted by Gasteiger charge is -2.62. The standard InChI is InChI=1S/C23H33N3O2/c27-22-21(28-17-18-7-8-18)23(11-3-1-4-12-23)26(22)20-9-14-25(15-10-20)16-19-6-2-5-13-24-19/h2,5-6,13,18,20-21H,1,3-4,7-12,14-17H2. The Kier molecular flexibility index (Phi) is 5.14. The number of piperidine rings is 1. The van der Waals surface area contributed by atoms with Gasteiger partial charge in [0.15, 0.2) is 6.10 Å². The van der Waals surface area contributed by atoms with Gasteiger partial charge in [-0.2, -0.15) is 0 Å². The van der Waals surface area contributed by atoms with Crippen molar-refractivity contribution in [2.24, 2.45) is 5.92 Å². The molecule has 152 valence electrons. The van der Waals surface area contributed by atoms with Crippen LogP contribution >= 0.6 is 0 Å². The minimum absolute atomic E-state index is 0.0119. The van der Waals surface area contributed by atoms with Crippen molar-refractivity contribution in [3.05, 3.63) is 30.1 Å². The number of amides is 1. The van der Waals surface area contributed by atoms with Crippen LogP contribution in [0.2, 0.25) is 0 Å². The number of β-lactam (4-membered cyclic amide) rings is 1. The van der Waals surface area contributed by atoms with Gasteiger partial charge in [-0.05, 0) is 56.6 Å². The molecule has 1 unspecified atom stereocenters. The molecule has 0 bridgehead atoms. The van der Waals surface area contributed by atoms with Gasteiger partial charge in [-0.1, -0.05) is 25.3 Å². The van der Waals surface area contributed by atoms with E-state index in [1.807, 2.05) is 12.3 Å². The summed E-state index contributed by atoms with van der Waals surface area (Å²) in [5, 5.41) is 0. The van der Waals surface area contributed by atoms with Crippen molar-refractivity contribution in [3.63, 3.8) is 0 Å². The maximum Gasteiger partial charge on any atom is 0.254 e. The first kappa shape index (κ1) is 18.6. The Morgan fingerprint density at radius 2 is 1.86 bits per heavy atom. The molecule has 1 atom stereocenters. The van der Waals surface area contributed by atoms with Gasteiger partial charge in [0.2, 0.25) is 0 Å². The molecule has 1 aromatic rings. The summed E-state index contributed by atoms with van der Waals surface area (Å²) < 4.78 is 6.22. The molecule has 3 heterocycles. The minimum atomic E-state index is -0.153. The van der Waals surface area contributed by atoms with Crippen LogP contribution in [-0.4, -0.2) is 58.1 Å². The monoisotopic (exact) mass is 383 g/mol. The molecule has 5 rings (SSSR count). The van der Waals surface area contributed by atoms with Crippen molar-refractivity contribution < 1.29 is 9.53 Å². The second kappa shape index (κ2) is 7.75. The van der Waals surface area contributed by atoms with Gasteiger partial charge in [-0.25, -0.2) is 0 Å². The number of hydrogen-bond acceptors (Lipinski definition) is 4. The molecule has 4 aliphatic rings. The molecule has 0 radical (unpaired) electrons. The van der Waals surface area contributed by atoms with Gasteiger partial charge in [0.1, 0.15) is 0 Å². The number of hydrogen-bond donors (Lipinski definition) is 0. The number of carbonyl (C=O) groups excluding carboxylic acids is 1. The second-order valence-corrected chi connectivity index (χ2v) is 9.36. The Hall–Kier alpha value is -1.46. The van der Waals surface area contributed by atoms with E-state index in [1.54, 1.807) is 0 Å². The Labute approximate surface area is 168 Å². The average Bonchev–Trinajstić information content (AvgIpc) is 3.56. The molecular formula is C23H33N3O2. The van der Waals surface area contributed by atoms with E-state index in [4.69, 9.17) is 4.74 Å². The molecule has 2 aliphatic heterocycles. The van der Waals surface area contributed by atoms with E-state index in [0.29, 0.717) is 6.04 Å². The zero-order chi connectivity index (χ0) is 19.0. The van der Waals surface area contributed by atoms with Crippen molar-refractivity contribution in [1.82, 2.24) is 14.8 Å². The van der Waals surface area contributed by atoms with Crippen LogP contribution in [0.15, 0.2) is 24.4 Å². The first-order chi connectivity index (χ1) is 13.8. The fourth-order valence-corrected chi connectivity index (χ4v) is 5.65. The summed E-state index contributed by atoms with van der Waals surface area (Å²) in [7, 11) is 0. The fraction of sp³-hybridized carbons (Fsp3) is 0.739. The van der Waals surface area contributed by atoms with E-state index >= 15 is 0 Å². The topological polar surface area (TPSA) is 45.7 Å². The van der Waals surface area contributed by atoms with Crippen molar-refractivity contribution >= 4 is 5.91 Å².